The first kappa shape index (κ1) is 15.9. The van der Waals surface area contributed by atoms with Gasteiger partial charge in [-0.05, 0) is 42.7 Å². The molecular formula is C14H19N5O3S. The lowest BCUT2D eigenvalue weighted by molar-refractivity contribution is 0.339. The van der Waals surface area contributed by atoms with Gasteiger partial charge in [0.15, 0.2) is 0 Å². The third-order valence-electron chi connectivity index (χ3n) is 3.81. The molecule has 1 fully saturated rings. The Balaban J connectivity index is 1.88. The third kappa shape index (κ3) is 3.06. The van der Waals surface area contributed by atoms with E-state index < -0.39 is 10.0 Å². The van der Waals surface area contributed by atoms with Crippen molar-refractivity contribution in [3.8, 4) is 5.75 Å². The number of hydrogen-bond acceptors (Lipinski definition) is 6. The lowest BCUT2D eigenvalue weighted by Crippen LogP contribution is -2.31. The minimum Gasteiger partial charge on any atom is -0.494 e. The lowest BCUT2D eigenvalue weighted by Gasteiger charge is -2.22. The van der Waals surface area contributed by atoms with Crippen LogP contribution in [0.2, 0.25) is 0 Å². The van der Waals surface area contributed by atoms with E-state index in [1.54, 1.807) is 7.05 Å². The number of sulfonamides is 1. The first-order chi connectivity index (χ1) is 11.0. The molecule has 9 heteroatoms. The molecule has 0 radical (unpaired) electrons. The predicted octanol–water partition coefficient (Wildman–Crippen LogP) is 1.13. The van der Waals surface area contributed by atoms with Crippen molar-refractivity contribution in [2.45, 2.75) is 31.0 Å². The van der Waals surface area contributed by atoms with Crippen molar-refractivity contribution in [1.82, 2.24) is 24.5 Å². The van der Waals surface area contributed by atoms with E-state index >= 15 is 0 Å². The normalized spacial score (nSPS) is 19.1. The van der Waals surface area contributed by atoms with Crippen molar-refractivity contribution in [3.63, 3.8) is 0 Å². The summed E-state index contributed by atoms with van der Waals surface area (Å²) in [6.45, 7) is 2.98. The first-order valence-corrected chi connectivity index (χ1v) is 8.95. The van der Waals surface area contributed by atoms with E-state index in [4.69, 9.17) is 4.74 Å². The van der Waals surface area contributed by atoms with E-state index in [1.807, 2.05) is 31.2 Å². The number of aryl methyl sites for hydroxylation is 1. The fourth-order valence-electron chi connectivity index (χ4n) is 2.79. The Morgan fingerprint density at radius 2 is 2.04 bits per heavy atom. The number of tetrazole rings is 1. The Kier molecular flexibility index (Phi) is 4.31. The highest BCUT2D eigenvalue weighted by Gasteiger charge is 2.38. The highest BCUT2D eigenvalue weighted by Crippen LogP contribution is 2.36. The van der Waals surface area contributed by atoms with Gasteiger partial charge in [-0.15, -0.1) is 5.10 Å². The molecule has 0 bridgehead atoms. The SMILES string of the molecule is CCOc1ccc(C2CCCN2S(=O)(=O)c2nnn(C)n2)cc1. The smallest absolute Gasteiger partial charge is 0.303 e. The van der Waals surface area contributed by atoms with Gasteiger partial charge in [-0.25, -0.2) is 8.42 Å². The summed E-state index contributed by atoms with van der Waals surface area (Å²) in [5.74, 6) is 0.777. The fourth-order valence-corrected chi connectivity index (χ4v) is 4.29. The molecule has 0 saturated carbocycles. The Labute approximate surface area is 135 Å². The summed E-state index contributed by atoms with van der Waals surface area (Å²) in [5, 5.41) is 10.9. The van der Waals surface area contributed by atoms with Crippen LogP contribution in [0.5, 0.6) is 5.75 Å². The monoisotopic (exact) mass is 337 g/mol. The van der Waals surface area contributed by atoms with Gasteiger partial charge in [0.05, 0.1) is 19.7 Å². The number of hydrogen-bond donors (Lipinski definition) is 0. The van der Waals surface area contributed by atoms with Crippen molar-refractivity contribution in [3.05, 3.63) is 29.8 Å². The highest BCUT2D eigenvalue weighted by molar-refractivity contribution is 7.89. The summed E-state index contributed by atoms with van der Waals surface area (Å²) < 4.78 is 32.3. The number of nitrogens with zero attached hydrogens (tertiary/aromatic N) is 5. The largest absolute Gasteiger partial charge is 0.494 e. The van der Waals surface area contributed by atoms with Crippen LogP contribution < -0.4 is 4.74 Å². The Morgan fingerprint density at radius 1 is 1.30 bits per heavy atom. The molecule has 0 spiro atoms. The average Bonchev–Trinajstić information content (AvgIpc) is 3.18. The van der Waals surface area contributed by atoms with Crippen molar-refractivity contribution in [1.29, 1.82) is 0 Å². The van der Waals surface area contributed by atoms with Gasteiger partial charge in [-0.1, -0.05) is 17.2 Å². The zero-order valence-electron chi connectivity index (χ0n) is 13.1. The maximum Gasteiger partial charge on any atom is 0.303 e. The molecular weight excluding hydrogens is 318 g/mol. The van der Waals surface area contributed by atoms with Crippen LogP contribution in [0.3, 0.4) is 0 Å². The highest BCUT2D eigenvalue weighted by atomic mass is 32.2. The number of benzene rings is 1. The molecule has 1 aliphatic rings. The number of rotatable bonds is 5. The second kappa shape index (κ2) is 6.25. The summed E-state index contributed by atoms with van der Waals surface area (Å²) in [4.78, 5) is 1.15. The number of aromatic nitrogens is 4. The predicted molar refractivity (Wildman–Crippen MR) is 82.3 cm³/mol. The summed E-state index contributed by atoms with van der Waals surface area (Å²) in [5.41, 5.74) is 0.943. The van der Waals surface area contributed by atoms with Gasteiger partial charge >= 0.3 is 5.16 Å². The second-order valence-corrected chi connectivity index (χ2v) is 7.12. The van der Waals surface area contributed by atoms with Gasteiger partial charge in [0.2, 0.25) is 0 Å². The van der Waals surface area contributed by atoms with Crippen molar-refractivity contribution >= 4 is 10.0 Å². The molecule has 1 saturated heterocycles. The molecule has 1 aromatic heterocycles. The van der Waals surface area contributed by atoms with Gasteiger partial charge in [0, 0.05) is 6.54 Å². The van der Waals surface area contributed by atoms with Crippen LogP contribution >= 0.6 is 0 Å². The minimum atomic E-state index is -3.74. The van der Waals surface area contributed by atoms with Crippen molar-refractivity contribution in [2.75, 3.05) is 13.2 Å². The van der Waals surface area contributed by atoms with Gasteiger partial charge in [-0.2, -0.15) is 9.10 Å². The molecule has 1 aliphatic heterocycles. The van der Waals surface area contributed by atoms with Crippen LogP contribution in [-0.2, 0) is 17.1 Å². The summed E-state index contributed by atoms with van der Waals surface area (Å²) in [6.07, 6.45) is 1.57. The quantitative estimate of drug-likeness (QED) is 0.812. The standard InChI is InChI=1S/C14H19N5O3S/c1-3-22-12-8-6-11(7-9-12)13-5-4-10-19(13)23(20,21)14-15-17-18(2)16-14/h6-9,13H,3-5,10H2,1-2H3. The third-order valence-corrected chi connectivity index (χ3v) is 5.49. The Bertz CT molecular complexity index is 772. The minimum absolute atomic E-state index is 0.209. The van der Waals surface area contributed by atoms with Gasteiger partial charge < -0.3 is 4.74 Å². The second-order valence-electron chi connectivity index (χ2n) is 5.34. The molecule has 0 aliphatic carbocycles. The van der Waals surface area contributed by atoms with Crippen LogP contribution in [0.4, 0.5) is 0 Å². The number of ether oxygens (including phenoxy) is 1. The molecule has 124 valence electrons. The van der Waals surface area contributed by atoms with E-state index in [2.05, 4.69) is 15.4 Å². The first-order valence-electron chi connectivity index (χ1n) is 7.51. The maximum atomic E-state index is 12.7. The molecule has 1 aromatic carbocycles. The van der Waals surface area contributed by atoms with Crippen LogP contribution in [0.1, 0.15) is 31.4 Å². The summed E-state index contributed by atoms with van der Waals surface area (Å²) >= 11 is 0. The van der Waals surface area contributed by atoms with Gasteiger partial charge in [0.1, 0.15) is 5.75 Å². The summed E-state index contributed by atoms with van der Waals surface area (Å²) in [7, 11) is -2.20. The van der Waals surface area contributed by atoms with E-state index in [9.17, 15) is 8.42 Å². The molecule has 2 heterocycles. The van der Waals surface area contributed by atoms with Crippen LogP contribution in [0.25, 0.3) is 0 Å². The molecule has 8 nitrogen and oxygen atoms in total. The van der Waals surface area contributed by atoms with Gasteiger partial charge in [-0.3, -0.25) is 0 Å². The zero-order valence-corrected chi connectivity index (χ0v) is 13.9. The van der Waals surface area contributed by atoms with E-state index in [0.29, 0.717) is 13.2 Å². The average molecular weight is 337 g/mol. The van der Waals surface area contributed by atoms with Crippen molar-refractivity contribution in [2.24, 2.45) is 7.05 Å². The molecule has 3 rings (SSSR count). The van der Waals surface area contributed by atoms with E-state index in [0.717, 1.165) is 29.0 Å². The summed E-state index contributed by atoms with van der Waals surface area (Å²) in [6, 6.07) is 7.34. The van der Waals surface area contributed by atoms with E-state index in [1.165, 1.54) is 4.31 Å². The van der Waals surface area contributed by atoms with Crippen LogP contribution in [0.15, 0.2) is 29.4 Å². The zero-order chi connectivity index (χ0) is 16.4. The van der Waals surface area contributed by atoms with E-state index in [-0.39, 0.29) is 11.2 Å². The molecule has 0 N–H and O–H groups in total. The Hall–Kier alpha value is -2.00. The fraction of sp³-hybridized carbons (Fsp3) is 0.500. The Morgan fingerprint density at radius 3 is 2.65 bits per heavy atom. The molecule has 0 amide bonds. The molecule has 1 atom stereocenters. The maximum absolute atomic E-state index is 12.7. The van der Waals surface area contributed by atoms with Crippen LogP contribution in [0, 0.1) is 0 Å². The van der Waals surface area contributed by atoms with Crippen molar-refractivity contribution < 1.29 is 13.2 Å². The topological polar surface area (TPSA) is 90.2 Å². The molecule has 2 aromatic rings. The molecule has 23 heavy (non-hydrogen) atoms. The van der Waals surface area contributed by atoms with Crippen LogP contribution in [-0.4, -0.2) is 46.1 Å². The lowest BCUT2D eigenvalue weighted by atomic mass is 10.1. The molecule has 1 unspecified atom stereocenters. The van der Waals surface area contributed by atoms with Gasteiger partial charge in [0.25, 0.3) is 10.0 Å².